The quantitative estimate of drug-likeness (QED) is 0.693. The van der Waals surface area contributed by atoms with Gasteiger partial charge in [0, 0.05) is 36.5 Å². The average Bonchev–Trinajstić information content (AvgIpc) is 2.93. The van der Waals surface area contributed by atoms with E-state index in [9.17, 15) is 0 Å². The number of benzene rings is 2. The zero-order valence-electron chi connectivity index (χ0n) is 12.5. The first-order valence-corrected chi connectivity index (χ1v) is 7.14. The topological polar surface area (TPSA) is 79.1 Å². The molecule has 1 atom stereocenters. The number of hydrogen-bond donors (Lipinski definition) is 3. The number of carboxylic acids is 1. The summed E-state index contributed by atoms with van der Waals surface area (Å²) in [4.78, 5) is 12.3. The maximum absolute atomic E-state index is 9.00. The number of aromatic nitrogens is 1. The fourth-order valence-electron chi connectivity index (χ4n) is 2.51. The first-order valence-electron chi connectivity index (χ1n) is 7.14. The Balaban J connectivity index is 0.000000396. The molecule has 4 N–H and O–H groups in total. The third-order valence-electron chi connectivity index (χ3n) is 3.43. The van der Waals surface area contributed by atoms with Gasteiger partial charge < -0.3 is 15.8 Å². The Labute approximate surface area is 129 Å². The molecular weight excluding hydrogens is 276 g/mol. The molecule has 114 valence electrons. The van der Waals surface area contributed by atoms with Gasteiger partial charge in [0.2, 0.25) is 0 Å². The monoisotopic (exact) mass is 296 g/mol. The minimum Gasteiger partial charge on any atom is -0.481 e. The summed E-state index contributed by atoms with van der Waals surface area (Å²) in [6, 6.07) is 18.8. The number of para-hydroxylation sites is 1. The van der Waals surface area contributed by atoms with Gasteiger partial charge in [-0.2, -0.15) is 0 Å². The molecule has 0 amide bonds. The summed E-state index contributed by atoms with van der Waals surface area (Å²) in [5.74, 6) is -0.581. The van der Waals surface area contributed by atoms with Crippen molar-refractivity contribution < 1.29 is 9.90 Å². The number of fused-ring (bicyclic) bond motifs is 1. The third-order valence-corrected chi connectivity index (χ3v) is 3.43. The average molecular weight is 296 g/mol. The number of aromatic amines is 1. The van der Waals surface area contributed by atoms with Crippen LogP contribution in [-0.2, 0) is 4.79 Å². The molecule has 0 bridgehead atoms. The van der Waals surface area contributed by atoms with Crippen LogP contribution in [0.3, 0.4) is 0 Å². The first kappa shape index (κ1) is 15.8. The fraction of sp³-hybridized carbons (Fsp3) is 0.167. The van der Waals surface area contributed by atoms with E-state index in [-0.39, 0.29) is 5.92 Å². The largest absolute Gasteiger partial charge is 0.481 e. The Morgan fingerprint density at radius 1 is 1.14 bits per heavy atom. The van der Waals surface area contributed by atoms with Crippen LogP contribution in [0, 0.1) is 0 Å². The summed E-state index contributed by atoms with van der Waals surface area (Å²) in [6.45, 7) is 1.70. The van der Waals surface area contributed by atoms with Gasteiger partial charge in [0.05, 0.1) is 0 Å². The lowest BCUT2D eigenvalue weighted by atomic mass is 9.91. The lowest BCUT2D eigenvalue weighted by molar-refractivity contribution is -0.134. The van der Waals surface area contributed by atoms with Gasteiger partial charge in [-0.3, -0.25) is 4.79 Å². The molecule has 0 spiro atoms. The minimum atomic E-state index is -0.833. The highest BCUT2D eigenvalue weighted by molar-refractivity contribution is 5.84. The second kappa shape index (κ2) is 7.43. The summed E-state index contributed by atoms with van der Waals surface area (Å²) in [5, 5.41) is 8.68. The van der Waals surface area contributed by atoms with Crippen molar-refractivity contribution in [1.29, 1.82) is 0 Å². The summed E-state index contributed by atoms with van der Waals surface area (Å²) < 4.78 is 0. The molecule has 4 heteroatoms. The molecular formula is C18H20N2O2. The number of rotatable bonds is 3. The van der Waals surface area contributed by atoms with Crippen molar-refractivity contribution in [3.63, 3.8) is 0 Å². The van der Waals surface area contributed by atoms with Gasteiger partial charge in [0.1, 0.15) is 0 Å². The SMILES string of the molecule is CC(=O)O.NCC(c1ccccc1)c1c[nH]c2ccccc12. The Kier molecular flexibility index (Phi) is 5.33. The molecule has 22 heavy (non-hydrogen) atoms. The first-order chi connectivity index (χ1) is 10.6. The Morgan fingerprint density at radius 3 is 2.36 bits per heavy atom. The summed E-state index contributed by atoms with van der Waals surface area (Å²) in [7, 11) is 0. The van der Waals surface area contributed by atoms with E-state index in [1.807, 2.05) is 12.1 Å². The molecule has 0 saturated carbocycles. The standard InChI is InChI=1S/C16H16N2.C2H4O2/c17-10-14(12-6-2-1-3-7-12)15-11-18-16-9-5-4-8-13(15)16;1-2(3)4/h1-9,11,14,18H,10,17H2;1H3,(H,3,4). The van der Waals surface area contributed by atoms with E-state index in [2.05, 4.69) is 53.6 Å². The molecule has 0 aliphatic heterocycles. The van der Waals surface area contributed by atoms with Crippen LogP contribution in [0.15, 0.2) is 60.8 Å². The molecule has 3 rings (SSSR count). The number of aliphatic carboxylic acids is 1. The van der Waals surface area contributed by atoms with Crippen molar-refractivity contribution in [3.05, 3.63) is 71.9 Å². The van der Waals surface area contributed by atoms with Crippen molar-refractivity contribution in [1.82, 2.24) is 4.98 Å². The highest BCUT2D eigenvalue weighted by atomic mass is 16.4. The van der Waals surface area contributed by atoms with Crippen molar-refractivity contribution in [2.45, 2.75) is 12.8 Å². The van der Waals surface area contributed by atoms with Gasteiger partial charge >= 0.3 is 0 Å². The van der Waals surface area contributed by atoms with E-state index in [0.29, 0.717) is 6.54 Å². The van der Waals surface area contributed by atoms with E-state index in [1.165, 1.54) is 22.0 Å². The van der Waals surface area contributed by atoms with E-state index in [0.717, 1.165) is 6.92 Å². The number of H-pyrrole nitrogens is 1. The highest BCUT2D eigenvalue weighted by Gasteiger charge is 2.15. The lowest BCUT2D eigenvalue weighted by Gasteiger charge is -2.14. The second-order valence-corrected chi connectivity index (χ2v) is 5.01. The maximum Gasteiger partial charge on any atom is 0.300 e. The molecule has 1 heterocycles. The molecule has 1 unspecified atom stereocenters. The Morgan fingerprint density at radius 2 is 1.73 bits per heavy atom. The number of carboxylic acid groups (broad SMARTS) is 1. The molecule has 0 aliphatic carbocycles. The van der Waals surface area contributed by atoms with Crippen LogP contribution < -0.4 is 5.73 Å². The van der Waals surface area contributed by atoms with Crippen LogP contribution in [0.5, 0.6) is 0 Å². The fourth-order valence-corrected chi connectivity index (χ4v) is 2.51. The molecule has 1 aromatic heterocycles. The third kappa shape index (κ3) is 3.74. The van der Waals surface area contributed by atoms with Gasteiger partial charge in [-0.15, -0.1) is 0 Å². The van der Waals surface area contributed by atoms with Gasteiger partial charge in [-0.25, -0.2) is 0 Å². The summed E-state index contributed by atoms with van der Waals surface area (Å²) in [5.41, 5.74) is 9.69. The number of hydrogen-bond acceptors (Lipinski definition) is 2. The number of carbonyl (C=O) groups is 1. The smallest absolute Gasteiger partial charge is 0.300 e. The molecule has 4 nitrogen and oxygen atoms in total. The van der Waals surface area contributed by atoms with Crippen LogP contribution in [-0.4, -0.2) is 22.6 Å². The van der Waals surface area contributed by atoms with Gasteiger partial charge in [-0.1, -0.05) is 48.5 Å². The number of nitrogens with one attached hydrogen (secondary N) is 1. The van der Waals surface area contributed by atoms with Gasteiger partial charge in [0.25, 0.3) is 5.97 Å². The molecule has 2 aromatic carbocycles. The number of nitrogens with two attached hydrogens (primary N) is 1. The molecule has 0 radical (unpaired) electrons. The summed E-state index contributed by atoms with van der Waals surface area (Å²) in [6.07, 6.45) is 2.08. The Bertz CT molecular complexity index is 731. The molecule has 0 aliphatic rings. The molecule has 3 aromatic rings. The molecule has 0 saturated heterocycles. The zero-order valence-corrected chi connectivity index (χ0v) is 12.5. The summed E-state index contributed by atoms with van der Waals surface area (Å²) >= 11 is 0. The van der Waals surface area contributed by atoms with Crippen LogP contribution in [0.2, 0.25) is 0 Å². The minimum absolute atomic E-state index is 0.252. The van der Waals surface area contributed by atoms with E-state index in [4.69, 9.17) is 15.6 Å². The highest BCUT2D eigenvalue weighted by Crippen LogP contribution is 2.29. The normalized spacial score (nSPS) is 11.5. The predicted octanol–water partition coefficient (Wildman–Crippen LogP) is 3.35. The van der Waals surface area contributed by atoms with Gasteiger partial charge in [0.15, 0.2) is 0 Å². The van der Waals surface area contributed by atoms with Crippen LogP contribution in [0.4, 0.5) is 0 Å². The van der Waals surface area contributed by atoms with E-state index in [1.54, 1.807) is 0 Å². The van der Waals surface area contributed by atoms with Crippen LogP contribution in [0.1, 0.15) is 24.0 Å². The van der Waals surface area contributed by atoms with Gasteiger partial charge in [-0.05, 0) is 17.2 Å². The maximum atomic E-state index is 9.00. The van der Waals surface area contributed by atoms with E-state index < -0.39 is 5.97 Å². The molecule has 0 fully saturated rings. The van der Waals surface area contributed by atoms with Crippen molar-refractivity contribution in [2.24, 2.45) is 5.73 Å². The van der Waals surface area contributed by atoms with Crippen LogP contribution in [0.25, 0.3) is 10.9 Å². The Hall–Kier alpha value is -2.59. The lowest BCUT2D eigenvalue weighted by Crippen LogP contribution is -2.13. The predicted molar refractivity (Wildman–Crippen MR) is 88.9 cm³/mol. The van der Waals surface area contributed by atoms with Crippen molar-refractivity contribution in [2.75, 3.05) is 6.54 Å². The second-order valence-electron chi connectivity index (χ2n) is 5.01. The van der Waals surface area contributed by atoms with Crippen molar-refractivity contribution >= 4 is 16.9 Å². The van der Waals surface area contributed by atoms with E-state index >= 15 is 0 Å². The zero-order chi connectivity index (χ0) is 15.9. The van der Waals surface area contributed by atoms with Crippen molar-refractivity contribution in [3.8, 4) is 0 Å². The van der Waals surface area contributed by atoms with Crippen LogP contribution >= 0.6 is 0 Å².